The summed E-state index contributed by atoms with van der Waals surface area (Å²) in [5.41, 5.74) is 0. The van der Waals surface area contributed by atoms with Crippen molar-refractivity contribution in [2.45, 2.75) is 24.9 Å². The Labute approximate surface area is 165 Å². The number of fused-ring (bicyclic) bond motifs is 1. The fraction of sp³-hybridized carbons (Fsp3) is 0.350. The maximum Gasteiger partial charge on any atom is 0.267 e. The lowest BCUT2D eigenvalue weighted by Crippen LogP contribution is -2.49. The van der Waals surface area contributed by atoms with Gasteiger partial charge in [0.05, 0.1) is 10.8 Å². The second-order valence-electron chi connectivity index (χ2n) is 6.91. The summed E-state index contributed by atoms with van der Waals surface area (Å²) < 4.78 is 17.4. The zero-order chi connectivity index (χ0) is 18.9. The van der Waals surface area contributed by atoms with Crippen LogP contribution in [-0.2, 0) is 4.79 Å². The molecular formula is C20H19N3O4S. The number of nitrogens with zero attached hydrogens (tertiary/aromatic N) is 3. The summed E-state index contributed by atoms with van der Waals surface area (Å²) in [5.74, 6) is 2.39. The van der Waals surface area contributed by atoms with Crippen molar-refractivity contribution in [2.75, 3.05) is 19.7 Å². The second kappa shape index (κ2) is 7.27. The van der Waals surface area contributed by atoms with E-state index in [1.165, 1.54) is 0 Å². The molecule has 5 rings (SSSR count). The Morgan fingerprint density at radius 2 is 2.04 bits per heavy atom. The summed E-state index contributed by atoms with van der Waals surface area (Å²) >= 11 is 1.56. The van der Waals surface area contributed by atoms with E-state index in [9.17, 15) is 4.79 Å². The minimum atomic E-state index is -0.627. The van der Waals surface area contributed by atoms with Crippen LogP contribution in [0.4, 0.5) is 0 Å². The van der Waals surface area contributed by atoms with Gasteiger partial charge in [0.15, 0.2) is 11.5 Å². The van der Waals surface area contributed by atoms with Crippen LogP contribution in [0, 0.1) is 0 Å². The molecule has 2 aliphatic heterocycles. The molecule has 7 nitrogen and oxygen atoms in total. The zero-order valence-corrected chi connectivity index (χ0v) is 15.9. The number of para-hydroxylation sites is 2. The molecule has 2 aliphatic rings. The molecule has 0 saturated carbocycles. The number of aromatic nitrogens is 2. The maximum absolute atomic E-state index is 13.0. The smallest absolute Gasteiger partial charge is 0.267 e. The summed E-state index contributed by atoms with van der Waals surface area (Å²) in [6.07, 6.45) is 1.18. The van der Waals surface area contributed by atoms with Crippen LogP contribution in [0.2, 0.25) is 0 Å². The van der Waals surface area contributed by atoms with Gasteiger partial charge in [-0.2, -0.15) is 0 Å². The molecule has 0 radical (unpaired) electrons. The predicted octanol–water partition coefficient (Wildman–Crippen LogP) is 3.34. The highest BCUT2D eigenvalue weighted by Crippen LogP contribution is 2.33. The fourth-order valence-corrected chi connectivity index (χ4v) is 4.27. The van der Waals surface area contributed by atoms with Crippen LogP contribution in [0.3, 0.4) is 0 Å². The average Bonchev–Trinajstić information content (AvgIpc) is 3.45. The van der Waals surface area contributed by atoms with Crippen molar-refractivity contribution < 1.29 is 18.7 Å². The number of hydrogen-bond acceptors (Lipinski definition) is 7. The Hall–Kier alpha value is -2.87. The summed E-state index contributed by atoms with van der Waals surface area (Å²) in [4.78, 5) is 15.8. The summed E-state index contributed by atoms with van der Waals surface area (Å²) in [6, 6.07) is 11.3. The van der Waals surface area contributed by atoms with Crippen LogP contribution in [0.25, 0.3) is 10.8 Å². The van der Waals surface area contributed by atoms with Gasteiger partial charge in [0.25, 0.3) is 11.8 Å². The summed E-state index contributed by atoms with van der Waals surface area (Å²) in [7, 11) is 0. The van der Waals surface area contributed by atoms with E-state index < -0.39 is 6.10 Å². The molecule has 0 bridgehead atoms. The molecule has 2 unspecified atom stereocenters. The predicted molar refractivity (Wildman–Crippen MR) is 103 cm³/mol. The molecule has 1 amide bonds. The van der Waals surface area contributed by atoms with Crippen molar-refractivity contribution in [3.63, 3.8) is 0 Å². The summed E-state index contributed by atoms with van der Waals surface area (Å²) in [6.45, 7) is 1.47. The minimum Gasteiger partial charge on any atom is -0.485 e. The van der Waals surface area contributed by atoms with Crippen LogP contribution in [0.1, 0.15) is 24.7 Å². The number of thiophene rings is 1. The molecule has 0 spiro atoms. The van der Waals surface area contributed by atoms with Crippen molar-refractivity contribution >= 4 is 17.2 Å². The van der Waals surface area contributed by atoms with Crippen LogP contribution in [0.5, 0.6) is 11.5 Å². The average molecular weight is 397 g/mol. The number of carbonyl (C=O) groups excluding carboxylic acids is 1. The second-order valence-corrected chi connectivity index (χ2v) is 7.86. The highest BCUT2D eigenvalue weighted by Gasteiger charge is 2.35. The van der Waals surface area contributed by atoms with Gasteiger partial charge in [0.1, 0.15) is 6.61 Å². The Morgan fingerprint density at radius 3 is 2.89 bits per heavy atom. The number of benzene rings is 1. The van der Waals surface area contributed by atoms with E-state index in [1.54, 1.807) is 11.3 Å². The fourth-order valence-electron chi connectivity index (χ4n) is 3.62. The quantitative estimate of drug-likeness (QED) is 0.675. The maximum atomic E-state index is 13.0. The molecule has 144 valence electrons. The third-order valence-corrected chi connectivity index (χ3v) is 5.90. The molecule has 0 aliphatic carbocycles. The number of hydrogen-bond donors (Lipinski definition) is 0. The minimum absolute atomic E-state index is 0.0377. The Kier molecular flexibility index (Phi) is 4.48. The number of amides is 1. The Bertz CT molecular complexity index is 972. The molecule has 1 fully saturated rings. The molecule has 3 aromatic rings. The van der Waals surface area contributed by atoms with Crippen molar-refractivity contribution in [3.05, 3.63) is 47.7 Å². The van der Waals surface area contributed by atoms with Crippen molar-refractivity contribution in [2.24, 2.45) is 0 Å². The number of ether oxygens (including phenoxy) is 2. The van der Waals surface area contributed by atoms with Crippen molar-refractivity contribution in [1.82, 2.24) is 15.1 Å². The van der Waals surface area contributed by atoms with Gasteiger partial charge in [-0.3, -0.25) is 4.79 Å². The molecule has 4 heterocycles. The van der Waals surface area contributed by atoms with Gasteiger partial charge in [0.2, 0.25) is 12.0 Å². The number of piperidine rings is 1. The van der Waals surface area contributed by atoms with Gasteiger partial charge >= 0.3 is 0 Å². The first-order chi connectivity index (χ1) is 13.8. The van der Waals surface area contributed by atoms with E-state index in [2.05, 4.69) is 10.2 Å². The van der Waals surface area contributed by atoms with Crippen LogP contribution in [-0.4, -0.2) is 46.8 Å². The van der Waals surface area contributed by atoms with E-state index >= 15 is 0 Å². The van der Waals surface area contributed by atoms with Crippen LogP contribution >= 0.6 is 11.3 Å². The molecule has 1 saturated heterocycles. The van der Waals surface area contributed by atoms with E-state index in [0.29, 0.717) is 36.4 Å². The van der Waals surface area contributed by atoms with Crippen molar-refractivity contribution in [3.8, 4) is 22.3 Å². The van der Waals surface area contributed by atoms with Crippen LogP contribution < -0.4 is 9.47 Å². The highest BCUT2D eigenvalue weighted by atomic mass is 32.1. The van der Waals surface area contributed by atoms with Gasteiger partial charge < -0.3 is 18.8 Å². The van der Waals surface area contributed by atoms with E-state index in [-0.39, 0.29) is 18.4 Å². The van der Waals surface area contributed by atoms with Crippen molar-refractivity contribution in [1.29, 1.82) is 0 Å². The first-order valence-corrected chi connectivity index (χ1v) is 10.2. The number of likely N-dealkylation sites (tertiary alicyclic amines) is 1. The van der Waals surface area contributed by atoms with Gasteiger partial charge in [0, 0.05) is 13.1 Å². The standard InChI is InChI=1S/C20H19N3O4S/c24-20(16-12-25-14-6-1-2-7-15(14)26-16)23-9-3-5-13(11-23)18-21-22-19(27-18)17-8-4-10-28-17/h1-2,4,6-8,10,13,16H,3,5,9,11-12H2. The lowest BCUT2D eigenvalue weighted by molar-refractivity contribution is -0.142. The van der Waals surface area contributed by atoms with E-state index in [4.69, 9.17) is 13.9 Å². The topological polar surface area (TPSA) is 77.7 Å². The molecule has 2 aromatic heterocycles. The SMILES string of the molecule is O=C(C1COc2ccccc2O1)N1CCCC(c2nnc(-c3cccs3)o2)C1. The lowest BCUT2D eigenvalue weighted by Gasteiger charge is -2.35. The van der Waals surface area contributed by atoms with E-state index in [1.807, 2.05) is 46.7 Å². The lowest BCUT2D eigenvalue weighted by atomic mass is 9.97. The third kappa shape index (κ3) is 3.24. The van der Waals surface area contributed by atoms with Gasteiger partial charge in [-0.05, 0) is 36.4 Å². The molecular weight excluding hydrogens is 378 g/mol. The Morgan fingerprint density at radius 1 is 1.14 bits per heavy atom. The molecule has 0 N–H and O–H groups in total. The largest absolute Gasteiger partial charge is 0.485 e. The van der Waals surface area contributed by atoms with Gasteiger partial charge in [-0.15, -0.1) is 21.5 Å². The van der Waals surface area contributed by atoms with E-state index in [0.717, 1.165) is 17.7 Å². The third-order valence-electron chi connectivity index (χ3n) is 5.04. The monoisotopic (exact) mass is 397 g/mol. The molecule has 28 heavy (non-hydrogen) atoms. The summed E-state index contributed by atoms with van der Waals surface area (Å²) in [5, 5.41) is 10.4. The molecule has 8 heteroatoms. The molecule has 2 atom stereocenters. The molecule has 1 aromatic carbocycles. The normalized spacial score (nSPS) is 21.5. The number of carbonyl (C=O) groups is 1. The number of rotatable bonds is 3. The van der Waals surface area contributed by atoms with Crippen LogP contribution in [0.15, 0.2) is 46.2 Å². The van der Waals surface area contributed by atoms with Gasteiger partial charge in [-0.1, -0.05) is 18.2 Å². The zero-order valence-electron chi connectivity index (χ0n) is 15.1. The highest BCUT2D eigenvalue weighted by molar-refractivity contribution is 7.13. The first kappa shape index (κ1) is 17.2. The van der Waals surface area contributed by atoms with Gasteiger partial charge in [-0.25, -0.2) is 0 Å². The first-order valence-electron chi connectivity index (χ1n) is 9.32. The Balaban J connectivity index is 1.28.